The van der Waals surface area contributed by atoms with Gasteiger partial charge in [0.15, 0.2) is 5.15 Å². The number of aryl methyl sites for hydroxylation is 1. The number of aliphatic carboxylic acids is 1. The first kappa shape index (κ1) is 13.5. The minimum atomic E-state index is -0.812. The molecule has 0 radical (unpaired) electrons. The van der Waals surface area contributed by atoms with Crippen molar-refractivity contribution in [2.75, 3.05) is 7.11 Å². The van der Waals surface area contributed by atoms with Crippen molar-refractivity contribution < 1.29 is 14.6 Å². The Morgan fingerprint density at radius 2 is 2.16 bits per heavy atom. The average molecular weight is 281 g/mol. The third kappa shape index (κ3) is 3.12. The number of nitrogens with zero attached hydrogens (tertiary/aromatic N) is 2. The summed E-state index contributed by atoms with van der Waals surface area (Å²) in [7, 11) is 1.58. The van der Waals surface area contributed by atoms with Gasteiger partial charge in [-0.15, -0.1) is 5.10 Å². The Hall–Kier alpha value is -1.88. The van der Waals surface area contributed by atoms with Gasteiger partial charge in [-0.05, 0) is 31.0 Å². The van der Waals surface area contributed by atoms with Crippen LogP contribution in [0.15, 0.2) is 18.2 Å². The van der Waals surface area contributed by atoms with Gasteiger partial charge in [0.2, 0.25) is 0 Å². The SMILES string of the molecule is COc1ccc2c(CCCC(=O)O)nnc(Cl)c2c1. The number of aromatic nitrogens is 2. The molecular formula is C13H13ClN2O3. The lowest BCUT2D eigenvalue weighted by molar-refractivity contribution is -0.137. The van der Waals surface area contributed by atoms with E-state index in [1.807, 2.05) is 12.1 Å². The Labute approximate surface area is 115 Å². The highest BCUT2D eigenvalue weighted by atomic mass is 35.5. The fourth-order valence-corrected chi connectivity index (χ4v) is 2.07. The van der Waals surface area contributed by atoms with Crippen molar-refractivity contribution >= 4 is 28.3 Å². The Balaban J connectivity index is 2.34. The highest BCUT2D eigenvalue weighted by Crippen LogP contribution is 2.27. The number of methoxy groups -OCH3 is 1. The van der Waals surface area contributed by atoms with Crippen molar-refractivity contribution in [1.29, 1.82) is 0 Å². The molecule has 0 unspecified atom stereocenters. The summed E-state index contributed by atoms with van der Waals surface area (Å²) in [6, 6.07) is 5.49. The van der Waals surface area contributed by atoms with Crippen LogP contribution in [0.5, 0.6) is 5.75 Å². The highest BCUT2D eigenvalue weighted by Gasteiger charge is 2.09. The van der Waals surface area contributed by atoms with E-state index in [1.54, 1.807) is 13.2 Å². The lowest BCUT2D eigenvalue weighted by Gasteiger charge is -2.07. The van der Waals surface area contributed by atoms with E-state index in [0.29, 0.717) is 23.7 Å². The number of halogens is 1. The highest BCUT2D eigenvalue weighted by molar-refractivity contribution is 6.34. The first-order chi connectivity index (χ1) is 9.11. The smallest absolute Gasteiger partial charge is 0.303 e. The van der Waals surface area contributed by atoms with E-state index in [2.05, 4.69) is 10.2 Å². The number of carboxylic acid groups (broad SMARTS) is 1. The van der Waals surface area contributed by atoms with Gasteiger partial charge in [0.1, 0.15) is 5.75 Å². The zero-order valence-corrected chi connectivity index (χ0v) is 11.1. The minimum absolute atomic E-state index is 0.113. The first-order valence-corrected chi connectivity index (χ1v) is 6.20. The summed E-state index contributed by atoms with van der Waals surface area (Å²) < 4.78 is 5.15. The van der Waals surface area contributed by atoms with Gasteiger partial charge >= 0.3 is 5.97 Å². The molecular weight excluding hydrogens is 268 g/mol. The van der Waals surface area contributed by atoms with Crippen molar-refractivity contribution in [3.63, 3.8) is 0 Å². The summed E-state index contributed by atoms with van der Waals surface area (Å²) in [5, 5.41) is 18.5. The average Bonchev–Trinajstić information content (AvgIpc) is 2.41. The summed E-state index contributed by atoms with van der Waals surface area (Å²) in [6.07, 6.45) is 1.19. The van der Waals surface area contributed by atoms with Crippen LogP contribution in [0.4, 0.5) is 0 Å². The molecule has 6 heteroatoms. The topological polar surface area (TPSA) is 72.3 Å². The molecule has 2 aromatic rings. The van der Waals surface area contributed by atoms with Crippen LogP contribution >= 0.6 is 11.6 Å². The van der Waals surface area contributed by atoms with Gasteiger partial charge < -0.3 is 9.84 Å². The summed E-state index contributed by atoms with van der Waals surface area (Å²) >= 11 is 6.02. The molecule has 0 aliphatic heterocycles. The van der Waals surface area contributed by atoms with Gasteiger partial charge in [-0.1, -0.05) is 11.6 Å². The van der Waals surface area contributed by atoms with Gasteiger partial charge in [-0.25, -0.2) is 0 Å². The fraction of sp³-hybridized carbons (Fsp3) is 0.308. The largest absolute Gasteiger partial charge is 0.497 e. The van der Waals surface area contributed by atoms with Crippen molar-refractivity contribution in [3.8, 4) is 5.75 Å². The molecule has 5 nitrogen and oxygen atoms in total. The van der Waals surface area contributed by atoms with E-state index in [1.165, 1.54) is 0 Å². The maximum Gasteiger partial charge on any atom is 0.303 e. The molecule has 1 N–H and O–H groups in total. The number of carboxylic acids is 1. The molecule has 19 heavy (non-hydrogen) atoms. The second-order valence-electron chi connectivity index (χ2n) is 4.10. The molecule has 1 heterocycles. The summed E-state index contributed by atoms with van der Waals surface area (Å²) in [4.78, 5) is 10.5. The fourth-order valence-electron chi connectivity index (χ4n) is 1.88. The second kappa shape index (κ2) is 5.84. The normalized spacial score (nSPS) is 10.6. The van der Waals surface area contributed by atoms with Crippen LogP contribution < -0.4 is 4.74 Å². The van der Waals surface area contributed by atoms with Gasteiger partial charge in [-0.3, -0.25) is 4.79 Å². The van der Waals surface area contributed by atoms with Crippen LogP contribution in [0.1, 0.15) is 18.5 Å². The van der Waals surface area contributed by atoms with Gasteiger partial charge in [0, 0.05) is 17.2 Å². The lowest BCUT2D eigenvalue weighted by atomic mass is 10.1. The van der Waals surface area contributed by atoms with Crippen molar-refractivity contribution in [3.05, 3.63) is 29.0 Å². The van der Waals surface area contributed by atoms with E-state index >= 15 is 0 Å². The number of rotatable bonds is 5. The molecule has 0 fully saturated rings. The molecule has 1 aromatic carbocycles. The lowest BCUT2D eigenvalue weighted by Crippen LogP contribution is -2.00. The standard InChI is InChI=1S/C13H13ClN2O3/c1-19-8-5-6-9-10(7-8)13(14)16-15-11(9)3-2-4-12(17)18/h5-7H,2-4H2,1H3,(H,17,18). The predicted molar refractivity (Wildman–Crippen MR) is 71.7 cm³/mol. The number of fused-ring (bicyclic) bond motifs is 1. The van der Waals surface area contributed by atoms with Crippen molar-refractivity contribution in [2.45, 2.75) is 19.3 Å². The van der Waals surface area contributed by atoms with E-state index in [-0.39, 0.29) is 6.42 Å². The predicted octanol–water partition coefficient (Wildman–Crippen LogP) is 2.70. The van der Waals surface area contributed by atoms with Gasteiger partial charge in [-0.2, -0.15) is 5.10 Å². The third-order valence-corrected chi connectivity index (χ3v) is 3.10. The van der Waals surface area contributed by atoms with Gasteiger partial charge in [0.05, 0.1) is 12.8 Å². The van der Waals surface area contributed by atoms with Crippen molar-refractivity contribution in [1.82, 2.24) is 10.2 Å². The molecule has 0 amide bonds. The number of hydrogen-bond donors (Lipinski definition) is 1. The molecule has 0 aliphatic rings. The maximum atomic E-state index is 10.5. The Morgan fingerprint density at radius 3 is 2.84 bits per heavy atom. The molecule has 2 rings (SSSR count). The Bertz CT molecular complexity index is 616. The summed E-state index contributed by atoms with van der Waals surface area (Å²) in [6.45, 7) is 0. The summed E-state index contributed by atoms with van der Waals surface area (Å²) in [5.74, 6) is -0.119. The van der Waals surface area contributed by atoms with E-state index in [9.17, 15) is 4.79 Å². The maximum absolute atomic E-state index is 10.5. The zero-order valence-electron chi connectivity index (χ0n) is 10.4. The van der Waals surface area contributed by atoms with Crippen LogP contribution in [0.2, 0.25) is 5.15 Å². The molecule has 0 saturated heterocycles. The number of ether oxygens (including phenoxy) is 1. The number of benzene rings is 1. The first-order valence-electron chi connectivity index (χ1n) is 5.82. The molecule has 1 aromatic heterocycles. The van der Waals surface area contributed by atoms with Gasteiger partial charge in [0.25, 0.3) is 0 Å². The second-order valence-corrected chi connectivity index (χ2v) is 4.45. The van der Waals surface area contributed by atoms with Crippen LogP contribution in [0.3, 0.4) is 0 Å². The summed E-state index contributed by atoms with van der Waals surface area (Å²) in [5.41, 5.74) is 0.753. The monoisotopic (exact) mass is 280 g/mol. The van der Waals surface area contributed by atoms with Crippen LogP contribution in [-0.2, 0) is 11.2 Å². The molecule has 0 aliphatic carbocycles. The molecule has 100 valence electrons. The van der Waals surface area contributed by atoms with E-state index in [4.69, 9.17) is 21.4 Å². The van der Waals surface area contributed by atoms with E-state index < -0.39 is 5.97 Å². The minimum Gasteiger partial charge on any atom is -0.497 e. The molecule has 0 spiro atoms. The quantitative estimate of drug-likeness (QED) is 0.911. The van der Waals surface area contributed by atoms with Crippen molar-refractivity contribution in [2.24, 2.45) is 0 Å². The van der Waals surface area contributed by atoms with Crippen LogP contribution in [0, 0.1) is 0 Å². The Kier molecular flexibility index (Phi) is 4.16. The van der Waals surface area contributed by atoms with Crippen LogP contribution in [0.25, 0.3) is 10.8 Å². The Morgan fingerprint density at radius 1 is 1.37 bits per heavy atom. The van der Waals surface area contributed by atoms with Crippen LogP contribution in [-0.4, -0.2) is 28.4 Å². The van der Waals surface area contributed by atoms with E-state index in [0.717, 1.165) is 16.5 Å². The molecule has 0 atom stereocenters. The molecule has 0 saturated carbocycles. The zero-order chi connectivity index (χ0) is 13.8. The number of hydrogen-bond acceptors (Lipinski definition) is 4. The molecule has 0 bridgehead atoms. The third-order valence-electron chi connectivity index (χ3n) is 2.82. The number of carbonyl (C=O) groups is 1.